The topological polar surface area (TPSA) is 26.0 Å². The van der Waals surface area contributed by atoms with Crippen LogP contribution in [0.4, 0.5) is 0 Å². The van der Waals surface area contributed by atoms with Crippen LogP contribution in [0, 0.1) is 0 Å². The Bertz CT molecular complexity index is 320. The quantitative estimate of drug-likeness (QED) is 0.695. The molecule has 0 saturated carbocycles. The largest absolute Gasteiger partial charge is 0.399 e. The molecule has 0 spiro atoms. The van der Waals surface area contributed by atoms with Gasteiger partial charge in [-0.15, -0.1) is 0 Å². The molecule has 1 aromatic carbocycles. The maximum absolute atomic E-state index is 5.64. The first-order valence-electron chi connectivity index (χ1n) is 4.14. The van der Waals surface area contributed by atoms with Crippen molar-refractivity contribution in [1.29, 1.82) is 0 Å². The van der Waals surface area contributed by atoms with Gasteiger partial charge in [0.2, 0.25) is 0 Å². The Kier molecular flexibility index (Phi) is 3.58. The van der Waals surface area contributed by atoms with Gasteiger partial charge in [0.15, 0.2) is 0 Å². The summed E-state index contributed by atoms with van der Waals surface area (Å²) in [5.74, 6) is 0. The lowest BCUT2D eigenvalue weighted by molar-refractivity contribution is 1.43. The lowest BCUT2D eigenvalue weighted by Gasteiger charge is -1.91. The van der Waals surface area contributed by atoms with E-state index in [1.54, 1.807) is 12.2 Å². The molecule has 0 atom stereocenters. The average molecular weight is 171 g/mol. The van der Waals surface area contributed by atoms with Crippen LogP contribution in [0.5, 0.6) is 0 Å². The minimum absolute atomic E-state index is 0.707. The zero-order valence-corrected chi connectivity index (χ0v) is 7.48. The summed E-state index contributed by atoms with van der Waals surface area (Å²) in [6.45, 7) is 3.57. The van der Waals surface area contributed by atoms with Gasteiger partial charge in [0.1, 0.15) is 0 Å². The Labute approximate surface area is 78.9 Å². The summed E-state index contributed by atoms with van der Waals surface area (Å²) in [5, 5.41) is 0. The van der Waals surface area contributed by atoms with E-state index in [-0.39, 0.29) is 0 Å². The van der Waals surface area contributed by atoms with Gasteiger partial charge in [0.05, 0.1) is 0 Å². The van der Waals surface area contributed by atoms with Crippen molar-refractivity contribution in [3.05, 3.63) is 66.4 Å². The number of rotatable bonds is 3. The first kappa shape index (κ1) is 9.33. The van der Waals surface area contributed by atoms with E-state index in [2.05, 4.69) is 6.58 Å². The molecule has 0 fully saturated rings. The second-order valence-corrected chi connectivity index (χ2v) is 2.65. The summed E-state index contributed by atoms with van der Waals surface area (Å²) < 4.78 is 0. The van der Waals surface area contributed by atoms with Crippen LogP contribution >= 0.6 is 0 Å². The van der Waals surface area contributed by atoms with E-state index in [0.717, 1.165) is 5.56 Å². The van der Waals surface area contributed by atoms with Gasteiger partial charge in [-0.2, -0.15) is 0 Å². The van der Waals surface area contributed by atoms with Crippen LogP contribution in [0.1, 0.15) is 5.56 Å². The highest BCUT2D eigenvalue weighted by Gasteiger charge is 1.82. The first-order chi connectivity index (χ1) is 6.33. The molecule has 0 aliphatic carbocycles. The summed E-state index contributed by atoms with van der Waals surface area (Å²) in [6.07, 6.45) is 7.26. The van der Waals surface area contributed by atoms with Gasteiger partial charge in [-0.3, -0.25) is 0 Å². The number of allylic oxidation sites excluding steroid dienone is 3. The number of hydrogen-bond acceptors (Lipinski definition) is 1. The van der Waals surface area contributed by atoms with E-state index in [0.29, 0.717) is 5.70 Å². The zero-order chi connectivity index (χ0) is 9.52. The van der Waals surface area contributed by atoms with E-state index in [9.17, 15) is 0 Å². The Balaban J connectivity index is 2.69. The van der Waals surface area contributed by atoms with Crippen LogP contribution in [0.3, 0.4) is 0 Å². The summed E-state index contributed by atoms with van der Waals surface area (Å²) in [7, 11) is 0. The monoisotopic (exact) mass is 171 g/mol. The highest BCUT2D eigenvalue weighted by atomic mass is 14.5. The van der Waals surface area contributed by atoms with Crippen molar-refractivity contribution in [3.8, 4) is 0 Å². The lowest BCUT2D eigenvalue weighted by Crippen LogP contribution is -1.90. The summed E-state index contributed by atoms with van der Waals surface area (Å²) >= 11 is 0. The Morgan fingerprint density at radius 2 is 1.92 bits per heavy atom. The van der Waals surface area contributed by atoms with Gasteiger partial charge in [-0.05, 0) is 17.7 Å². The molecule has 0 heterocycles. The smallest absolute Gasteiger partial charge is 0.0313 e. The summed E-state index contributed by atoms with van der Waals surface area (Å²) in [6, 6.07) is 10.0. The molecule has 1 nitrogen and oxygen atoms in total. The van der Waals surface area contributed by atoms with Crippen molar-refractivity contribution in [2.45, 2.75) is 0 Å². The van der Waals surface area contributed by atoms with Gasteiger partial charge >= 0.3 is 0 Å². The van der Waals surface area contributed by atoms with Crippen LogP contribution < -0.4 is 5.73 Å². The zero-order valence-electron chi connectivity index (χ0n) is 7.48. The Hall–Kier alpha value is -1.76. The molecule has 0 aromatic heterocycles. The van der Waals surface area contributed by atoms with Crippen molar-refractivity contribution in [1.82, 2.24) is 0 Å². The fourth-order valence-electron chi connectivity index (χ4n) is 0.948. The SMILES string of the molecule is C=C/C=C(N)\C=C\c1ccccc1. The third-order valence-electron chi connectivity index (χ3n) is 1.58. The first-order valence-corrected chi connectivity index (χ1v) is 4.14. The minimum atomic E-state index is 0.707. The number of hydrogen-bond donors (Lipinski definition) is 1. The van der Waals surface area contributed by atoms with Crippen molar-refractivity contribution in [2.24, 2.45) is 5.73 Å². The van der Waals surface area contributed by atoms with Crippen LogP contribution in [0.2, 0.25) is 0 Å². The molecule has 2 N–H and O–H groups in total. The molecule has 1 aromatic rings. The molecule has 13 heavy (non-hydrogen) atoms. The molecule has 0 unspecified atom stereocenters. The molecule has 0 radical (unpaired) electrons. The van der Waals surface area contributed by atoms with Crippen LogP contribution in [-0.2, 0) is 0 Å². The van der Waals surface area contributed by atoms with E-state index < -0.39 is 0 Å². The van der Waals surface area contributed by atoms with Crippen molar-refractivity contribution < 1.29 is 0 Å². The predicted octanol–water partition coefficient (Wildman–Crippen LogP) is 2.73. The minimum Gasteiger partial charge on any atom is -0.399 e. The lowest BCUT2D eigenvalue weighted by atomic mass is 10.2. The molecular weight excluding hydrogens is 158 g/mol. The second kappa shape index (κ2) is 4.99. The van der Waals surface area contributed by atoms with Gasteiger partial charge in [-0.25, -0.2) is 0 Å². The number of nitrogens with two attached hydrogens (primary N) is 1. The summed E-state index contributed by atoms with van der Waals surface area (Å²) in [4.78, 5) is 0. The summed E-state index contributed by atoms with van der Waals surface area (Å²) in [5.41, 5.74) is 7.48. The van der Waals surface area contributed by atoms with Crippen molar-refractivity contribution in [3.63, 3.8) is 0 Å². The molecule has 0 amide bonds. The van der Waals surface area contributed by atoms with E-state index in [4.69, 9.17) is 5.73 Å². The van der Waals surface area contributed by atoms with E-state index >= 15 is 0 Å². The van der Waals surface area contributed by atoms with E-state index in [1.807, 2.05) is 42.5 Å². The van der Waals surface area contributed by atoms with Gasteiger partial charge in [0, 0.05) is 5.70 Å². The number of benzene rings is 1. The molecule has 0 aliphatic heterocycles. The fourth-order valence-corrected chi connectivity index (χ4v) is 0.948. The van der Waals surface area contributed by atoms with E-state index in [1.165, 1.54) is 0 Å². The highest BCUT2D eigenvalue weighted by molar-refractivity contribution is 5.52. The van der Waals surface area contributed by atoms with Gasteiger partial charge in [0.25, 0.3) is 0 Å². The maximum Gasteiger partial charge on any atom is 0.0313 e. The molecule has 0 saturated heterocycles. The van der Waals surface area contributed by atoms with Crippen LogP contribution in [0.15, 0.2) is 60.8 Å². The average Bonchev–Trinajstić information content (AvgIpc) is 2.17. The molecule has 1 heteroatoms. The third-order valence-corrected chi connectivity index (χ3v) is 1.58. The van der Waals surface area contributed by atoms with Gasteiger partial charge in [-0.1, -0.05) is 49.1 Å². The molecule has 66 valence electrons. The fraction of sp³-hybridized carbons (Fsp3) is 0. The molecule has 0 bridgehead atoms. The molecular formula is C12H13N. The van der Waals surface area contributed by atoms with Crippen molar-refractivity contribution >= 4 is 6.08 Å². The molecule has 1 rings (SSSR count). The Morgan fingerprint density at radius 3 is 2.54 bits per heavy atom. The van der Waals surface area contributed by atoms with Crippen LogP contribution in [0.25, 0.3) is 6.08 Å². The molecule has 0 aliphatic rings. The predicted molar refractivity (Wildman–Crippen MR) is 57.9 cm³/mol. The van der Waals surface area contributed by atoms with Gasteiger partial charge < -0.3 is 5.73 Å². The van der Waals surface area contributed by atoms with Crippen molar-refractivity contribution in [2.75, 3.05) is 0 Å². The Morgan fingerprint density at radius 1 is 1.23 bits per heavy atom. The highest BCUT2D eigenvalue weighted by Crippen LogP contribution is 2.02. The normalized spacial score (nSPS) is 11.8. The standard InChI is InChI=1S/C12H13N/c1-2-6-12(13)10-9-11-7-4-3-5-8-11/h2-10H,1,13H2/b10-9+,12-6+. The third kappa shape index (κ3) is 3.43. The maximum atomic E-state index is 5.64. The second-order valence-electron chi connectivity index (χ2n) is 2.65. The van der Waals surface area contributed by atoms with Crippen LogP contribution in [-0.4, -0.2) is 0 Å².